The average Bonchev–Trinajstić information content (AvgIpc) is 3.62. The number of carbonyl (C=O) groups is 2. The quantitative estimate of drug-likeness (QED) is 0.290. The molecule has 222 valence electrons. The number of rotatable bonds is 12. The Bertz CT molecular complexity index is 1390. The number of aliphatic carboxylic acids is 1. The van der Waals surface area contributed by atoms with Gasteiger partial charge in [0.25, 0.3) is 0 Å². The normalized spacial score (nSPS) is 19.5. The number of hydrogen-bond donors (Lipinski definition) is 2. The lowest BCUT2D eigenvalue weighted by molar-refractivity contribution is -0.143. The molecule has 1 fully saturated rings. The lowest BCUT2D eigenvalue weighted by Crippen LogP contribution is -2.35. The first-order valence-electron chi connectivity index (χ1n) is 14.4. The summed E-state index contributed by atoms with van der Waals surface area (Å²) in [5.74, 6) is -0.358. The number of benzene rings is 3. The summed E-state index contributed by atoms with van der Waals surface area (Å²) < 4.78 is 21.9. The highest BCUT2D eigenvalue weighted by Gasteiger charge is 2.48. The first-order valence-corrected chi connectivity index (χ1v) is 14.4. The first-order chi connectivity index (χ1) is 20.4. The van der Waals surface area contributed by atoms with Crippen LogP contribution in [0.25, 0.3) is 0 Å². The number of para-hydroxylation sites is 1. The first kappa shape index (κ1) is 29.4. The van der Waals surface area contributed by atoms with Gasteiger partial charge in [-0.25, -0.2) is 0 Å². The van der Waals surface area contributed by atoms with E-state index in [2.05, 4.69) is 19.2 Å². The van der Waals surface area contributed by atoms with Crippen LogP contribution in [-0.2, 0) is 27.2 Å². The number of likely N-dealkylation sites (tertiary alicyclic amines) is 1. The molecule has 42 heavy (non-hydrogen) atoms. The Morgan fingerprint density at radius 2 is 1.64 bits per heavy atom. The monoisotopic (exact) mass is 574 g/mol. The molecular formula is C33H38N2O7. The molecule has 0 saturated carbocycles. The number of amides is 1. The van der Waals surface area contributed by atoms with Crippen LogP contribution in [0.3, 0.4) is 0 Å². The van der Waals surface area contributed by atoms with Crippen LogP contribution >= 0.6 is 0 Å². The van der Waals surface area contributed by atoms with Gasteiger partial charge >= 0.3 is 5.97 Å². The third-order valence-electron chi connectivity index (χ3n) is 8.10. The van der Waals surface area contributed by atoms with Gasteiger partial charge in [0, 0.05) is 31.3 Å². The second-order valence-corrected chi connectivity index (χ2v) is 10.6. The minimum Gasteiger partial charge on any atom is -0.491 e. The highest BCUT2D eigenvalue weighted by molar-refractivity contribution is 5.94. The fourth-order valence-corrected chi connectivity index (χ4v) is 6.04. The van der Waals surface area contributed by atoms with Crippen LogP contribution in [0.5, 0.6) is 17.2 Å². The zero-order chi connectivity index (χ0) is 29.6. The second-order valence-electron chi connectivity index (χ2n) is 10.6. The maximum Gasteiger partial charge on any atom is 0.309 e. The number of ether oxygens (including phenoxy) is 4. The van der Waals surface area contributed by atoms with Crippen molar-refractivity contribution in [1.29, 1.82) is 0 Å². The van der Waals surface area contributed by atoms with Crippen molar-refractivity contribution < 1.29 is 33.6 Å². The SMILES string of the molecule is CCc1cccc(CC)c1NC(=O)CN1C[C@H](c2ccc3c(c2)OCO3)[C@H](C(=O)O)[C@@H]1c1ccc(OCCOC)cc1. The predicted octanol–water partition coefficient (Wildman–Crippen LogP) is 5.05. The fourth-order valence-electron chi connectivity index (χ4n) is 6.04. The van der Waals surface area contributed by atoms with Gasteiger partial charge in [-0.2, -0.15) is 0 Å². The van der Waals surface area contributed by atoms with E-state index in [1.807, 2.05) is 65.6 Å². The van der Waals surface area contributed by atoms with Crippen molar-refractivity contribution in [3.63, 3.8) is 0 Å². The van der Waals surface area contributed by atoms with E-state index in [1.165, 1.54) is 0 Å². The minimum atomic E-state index is -0.921. The molecule has 0 spiro atoms. The molecule has 0 radical (unpaired) electrons. The molecule has 0 bridgehead atoms. The van der Waals surface area contributed by atoms with Gasteiger partial charge in [-0.15, -0.1) is 0 Å². The molecule has 2 aliphatic rings. The zero-order valence-corrected chi connectivity index (χ0v) is 24.3. The van der Waals surface area contributed by atoms with Gasteiger partial charge in [0.05, 0.1) is 19.1 Å². The number of aryl methyl sites for hydroxylation is 2. The van der Waals surface area contributed by atoms with E-state index < -0.39 is 17.9 Å². The molecule has 1 saturated heterocycles. The summed E-state index contributed by atoms with van der Waals surface area (Å²) in [4.78, 5) is 28.5. The number of anilines is 1. The van der Waals surface area contributed by atoms with Gasteiger partial charge in [0.15, 0.2) is 11.5 Å². The van der Waals surface area contributed by atoms with E-state index in [9.17, 15) is 14.7 Å². The van der Waals surface area contributed by atoms with Gasteiger partial charge in [0.1, 0.15) is 12.4 Å². The summed E-state index contributed by atoms with van der Waals surface area (Å²) in [6.07, 6.45) is 1.59. The molecule has 2 aliphatic heterocycles. The number of nitrogens with one attached hydrogen (secondary N) is 1. The van der Waals surface area contributed by atoms with E-state index in [0.717, 1.165) is 40.8 Å². The molecule has 5 rings (SSSR count). The maximum absolute atomic E-state index is 13.6. The molecule has 1 amide bonds. The number of nitrogens with zero attached hydrogens (tertiary/aromatic N) is 1. The lowest BCUT2D eigenvalue weighted by atomic mass is 9.82. The highest BCUT2D eigenvalue weighted by atomic mass is 16.7. The average molecular weight is 575 g/mol. The molecule has 9 nitrogen and oxygen atoms in total. The van der Waals surface area contributed by atoms with Crippen molar-refractivity contribution in [2.75, 3.05) is 45.5 Å². The van der Waals surface area contributed by atoms with Crippen LogP contribution in [0.4, 0.5) is 5.69 Å². The van der Waals surface area contributed by atoms with Crippen LogP contribution in [-0.4, -0.2) is 62.1 Å². The maximum atomic E-state index is 13.6. The highest BCUT2D eigenvalue weighted by Crippen LogP contribution is 2.47. The Morgan fingerprint density at radius 3 is 2.31 bits per heavy atom. The Morgan fingerprint density at radius 1 is 0.952 bits per heavy atom. The third-order valence-corrected chi connectivity index (χ3v) is 8.10. The van der Waals surface area contributed by atoms with Crippen LogP contribution in [0.1, 0.15) is 48.1 Å². The minimum absolute atomic E-state index is 0.0444. The van der Waals surface area contributed by atoms with Crippen LogP contribution < -0.4 is 19.5 Å². The van der Waals surface area contributed by atoms with E-state index >= 15 is 0 Å². The molecule has 3 aromatic carbocycles. The number of fused-ring (bicyclic) bond motifs is 1. The zero-order valence-electron chi connectivity index (χ0n) is 24.3. The third kappa shape index (κ3) is 6.22. The molecule has 2 heterocycles. The Balaban J connectivity index is 1.46. The van der Waals surface area contributed by atoms with Crippen molar-refractivity contribution in [1.82, 2.24) is 4.90 Å². The fraction of sp³-hybridized carbons (Fsp3) is 0.394. The molecule has 0 aromatic heterocycles. The molecule has 3 aromatic rings. The predicted molar refractivity (Wildman–Crippen MR) is 158 cm³/mol. The van der Waals surface area contributed by atoms with E-state index in [-0.39, 0.29) is 25.2 Å². The summed E-state index contributed by atoms with van der Waals surface area (Å²) in [6.45, 7) is 5.58. The number of methoxy groups -OCH3 is 1. The number of carboxylic acid groups (broad SMARTS) is 1. The van der Waals surface area contributed by atoms with Crippen molar-refractivity contribution in [2.24, 2.45) is 5.92 Å². The molecule has 2 N–H and O–H groups in total. The topological polar surface area (TPSA) is 107 Å². The number of carbonyl (C=O) groups excluding carboxylic acids is 1. The summed E-state index contributed by atoms with van der Waals surface area (Å²) in [6, 6.07) is 18.6. The van der Waals surface area contributed by atoms with Gasteiger partial charge in [-0.05, 0) is 59.4 Å². The van der Waals surface area contributed by atoms with Crippen molar-refractivity contribution in [2.45, 2.75) is 38.6 Å². The molecular weight excluding hydrogens is 536 g/mol. The molecule has 0 aliphatic carbocycles. The van der Waals surface area contributed by atoms with Gasteiger partial charge < -0.3 is 29.4 Å². The Kier molecular flexibility index (Phi) is 9.29. The van der Waals surface area contributed by atoms with Crippen LogP contribution in [0.15, 0.2) is 60.7 Å². The van der Waals surface area contributed by atoms with Gasteiger partial charge in [-0.3, -0.25) is 14.5 Å². The van der Waals surface area contributed by atoms with Crippen molar-refractivity contribution >= 4 is 17.6 Å². The van der Waals surface area contributed by atoms with Gasteiger partial charge in [0.2, 0.25) is 12.7 Å². The second kappa shape index (κ2) is 13.3. The van der Waals surface area contributed by atoms with Crippen molar-refractivity contribution in [3.05, 3.63) is 82.9 Å². The smallest absolute Gasteiger partial charge is 0.309 e. The van der Waals surface area contributed by atoms with Crippen molar-refractivity contribution in [3.8, 4) is 17.2 Å². The van der Waals surface area contributed by atoms with E-state index in [1.54, 1.807) is 7.11 Å². The number of carboxylic acids is 1. The van der Waals surface area contributed by atoms with E-state index in [0.29, 0.717) is 37.0 Å². The summed E-state index contributed by atoms with van der Waals surface area (Å²) in [5, 5.41) is 13.7. The standard InChI is InChI=1S/C33H38N2O7/c1-4-21-7-6-8-22(5-2)31(21)34-29(36)19-35-18-26(24-11-14-27-28(17-24)42-20-41-27)30(33(37)38)32(35)23-9-12-25(13-10-23)40-16-15-39-3/h6-14,17,26,30,32H,4-5,15-16,18-20H2,1-3H3,(H,34,36)(H,37,38)/t26-,30+,32+/m1/s1. The van der Waals surface area contributed by atoms with Crippen LogP contribution in [0.2, 0.25) is 0 Å². The molecule has 0 unspecified atom stereocenters. The van der Waals surface area contributed by atoms with Gasteiger partial charge in [-0.1, -0.05) is 50.2 Å². The largest absolute Gasteiger partial charge is 0.491 e. The summed E-state index contributed by atoms with van der Waals surface area (Å²) in [7, 11) is 1.61. The van der Waals surface area contributed by atoms with Crippen LogP contribution in [0, 0.1) is 5.92 Å². The lowest BCUT2D eigenvalue weighted by Gasteiger charge is -2.27. The molecule has 9 heteroatoms. The summed E-state index contributed by atoms with van der Waals surface area (Å²) >= 11 is 0. The number of hydrogen-bond acceptors (Lipinski definition) is 7. The summed E-state index contributed by atoms with van der Waals surface area (Å²) in [5.41, 5.74) is 4.64. The Labute approximate surface area is 246 Å². The molecule has 3 atom stereocenters. The van der Waals surface area contributed by atoms with E-state index in [4.69, 9.17) is 18.9 Å². The Hall–Kier alpha value is -4.08.